The molecule has 0 bridgehead atoms. The van der Waals surface area contributed by atoms with Crippen LogP contribution < -0.4 is 4.74 Å². The van der Waals surface area contributed by atoms with Crippen LogP contribution in [0.2, 0.25) is 0 Å². The second kappa shape index (κ2) is 7.65. The van der Waals surface area contributed by atoms with Crippen LogP contribution in [0.3, 0.4) is 0 Å². The molecule has 0 aliphatic carbocycles. The first kappa shape index (κ1) is 18.7. The minimum absolute atomic E-state index is 0.0202. The molecule has 0 saturated carbocycles. The topological polar surface area (TPSA) is 61.8 Å². The maximum atomic E-state index is 12.7. The standard InChI is InChI=1S/C16H22F3N5O2/c1-22-8-10-24(11-9-22)15(25)23-6-3-12(4-7-23)26-14-20-5-2-13(21-14)16(17,18)19/h2,5,12H,3-4,6-11H2,1H3. The number of hydrogen-bond acceptors (Lipinski definition) is 5. The van der Waals surface area contributed by atoms with Crippen molar-refractivity contribution in [3.8, 4) is 6.01 Å². The summed E-state index contributed by atoms with van der Waals surface area (Å²) in [6, 6.07) is 0.556. The second-order valence-corrected chi connectivity index (χ2v) is 6.60. The number of carbonyl (C=O) groups excluding carboxylic acids is 1. The zero-order valence-corrected chi connectivity index (χ0v) is 14.6. The van der Waals surface area contributed by atoms with Crippen molar-refractivity contribution < 1.29 is 22.7 Å². The average Bonchev–Trinajstić information content (AvgIpc) is 2.62. The van der Waals surface area contributed by atoms with Crippen molar-refractivity contribution in [2.75, 3.05) is 46.3 Å². The number of alkyl halides is 3. The van der Waals surface area contributed by atoms with Gasteiger partial charge in [0.05, 0.1) is 0 Å². The van der Waals surface area contributed by atoms with Gasteiger partial charge >= 0.3 is 18.2 Å². The molecule has 3 rings (SSSR count). The van der Waals surface area contributed by atoms with E-state index in [0.717, 1.165) is 25.4 Å². The van der Waals surface area contributed by atoms with Crippen molar-refractivity contribution in [1.29, 1.82) is 0 Å². The van der Waals surface area contributed by atoms with Crippen LogP contribution in [0.5, 0.6) is 6.01 Å². The molecule has 2 amide bonds. The molecule has 10 heteroatoms. The van der Waals surface area contributed by atoms with E-state index in [2.05, 4.69) is 14.9 Å². The molecule has 0 N–H and O–H groups in total. The number of urea groups is 1. The molecule has 2 saturated heterocycles. The Morgan fingerprint density at radius 3 is 2.35 bits per heavy atom. The van der Waals surface area contributed by atoms with E-state index in [-0.39, 0.29) is 18.1 Å². The van der Waals surface area contributed by atoms with E-state index in [1.807, 2.05) is 11.9 Å². The molecular weight excluding hydrogens is 351 g/mol. The lowest BCUT2D eigenvalue weighted by atomic mass is 10.1. The van der Waals surface area contributed by atoms with Crippen molar-refractivity contribution in [1.82, 2.24) is 24.7 Å². The fourth-order valence-corrected chi connectivity index (χ4v) is 3.07. The van der Waals surface area contributed by atoms with Gasteiger partial charge in [0, 0.05) is 58.3 Å². The number of nitrogens with zero attached hydrogens (tertiary/aromatic N) is 5. The summed E-state index contributed by atoms with van der Waals surface area (Å²) in [5, 5.41) is 0. The van der Waals surface area contributed by atoms with Crippen LogP contribution in [0.1, 0.15) is 18.5 Å². The van der Waals surface area contributed by atoms with Crippen LogP contribution in [-0.2, 0) is 6.18 Å². The summed E-state index contributed by atoms with van der Waals surface area (Å²) < 4.78 is 43.6. The number of piperazine rings is 1. The zero-order valence-electron chi connectivity index (χ0n) is 14.6. The average molecular weight is 373 g/mol. The van der Waals surface area contributed by atoms with Crippen LogP contribution in [0.15, 0.2) is 12.3 Å². The summed E-state index contributed by atoms with van der Waals surface area (Å²) in [6.45, 7) is 4.16. The van der Waals surface area contributed by atoms with Gasteiger partial charge in [-0.2, -0.15) is 18.2 Å². The molecule has 0 aromatic carbocycles. The summed E-state index contributed by atoms with van der Waals surface area (Å²) in [7, 11) is 2.03. The van der Waals surface area contributed by atoms with E-state index in [4.69, 9.17) is 4.74 Å². The molecule has 144 valence electrons. The van der Waals surface area contributed by atoms with Gasteiger partial charge in [-0.05, 0) is 13.1 Å². The number of halogens is 3. The number of ether oxygens (including phenoxy) is 1. The summed E-state index contributed by atoms with van der Waals surface area (Å²) in [5.74, 6) is 0. The van der Waals surface area contributed by atoms with Crippen LogP contribution in [0.25, 0.3) is 0 Å². The Bertz CT molecular complexity index is 627. The van der Waals surface area contributed by atoms with Crippen LogP contribution in [-0.4, -0.2) is 83.1 Å². The number of rotatable bonds is 2. The molecule has 0 spiro atoms. The number of amides is 2. The van der Waals surface area contributed by atoms with Gasteiger partial charge in [0.25, 0.3) is 0 Å². The van der Waals surface area contributed by atoms with E-state index in [0.29, 0.717) is 39.0 Å². The van der Waals surface area contributed by atoms with Gasteiger partial charge in [-0.25, -0.2) is 9.78 Å². The highest BCUT2D eigenvalue weighted by Crippen LogP contribution is 2.28. The third-order valence-electron chi connectivity index (χ3n) is 4.68. The molecule has 0 radical (unpaired) electrons. The number of likely N-dealkylation sites (tertiary alicyclic amines) is 1. The molecule has 3 heterocycles. The van der Waals surface area contributed by atoms with Crippen molar-refractivity contribution in [2.24, 2.45) is 0 Å². The minimum Gasteiger partial charge on any atom is -0.460 e. The van der Waals surface area contributed by atoms with Crippen LogP contribution in [0.4, 0.5) is 18.0 Å². The monoisotopic (exact) mass is 373 g/mol. The molecule has 0 unspecified atom stereocenters. The first-order valence-electron chi connectivity index (χ1n) is 8.62. The molecular formula is C16H22F3N5O2. The second-order valence-electron chi connectivity index (χ2n) is 6.60. The minimum atomic E-state index is -4.53. The van der Waals surface area contributed by atoms with Crippen molar-refractivity contribution in [3.05, 3.63) is 18.0 Å². The Morgan fingerprint density at radius 2 is 1.73 bits per heavy atom. The quantitative estimate of drug-likeness (QED) is 0.790. The van der Waals surface area contributed by atoms with Crippen molar-refractivity contribution in [2.45, 2.75) is 25.1 Å². The Kier molecular flexibility index (Phi) is 5.49. The van der Waals surface area contributed by atoms with Crippen LogP contribution in [0, 0.1) is 0 Å². The molecule has 0 atom stereocenters. The highest BCUT2D eigenvalue weighted by molar-refractivity contribution is 5.74. The fraction of sp³-hybridized carbons (Fsp3) is 0.688. The molecule has 2 aliphatic rings. The van der Waals surface area contributed by atoms with Gasteiger partial charge in [0.15, 0.2) is 5.69 Å². The van der Waals surface area contributed by atoms with Gasteiger partial charge in [-0.1, -0.05) is 0 Å². The molecule has 26 heavy (non-hydrogen) atoms. The molecule has 7 nitrogen and oxygen atoms in total. The summed E-state index contributed by atoms with van der Waals surface area (Å²) in [5.41, 5.74) is -1.02. The number of likely N-dealkylation sites (N-methyl/N-ethyl adjacent to an activating group) is 1. The molecule has 2 fully saturated rings. The Labute approximate surface area is 149 Å². The van der Waals surface area contributed by atoms with Gasteiger partial charge in [0.2, 0.25) is 0 Å². The first-order chi connectivity index (χ1) is 12.3. The number of piperidine rings is 1. The Morgan fingerprint density at radius 1 is 1.12 bits per heavy atom. The van der Waals surface area contributed by atoms with E-state index >= 15 is 0 Å². The van der Waals surface area contributed by atoms with E-state index < -0.39 is 11.9 Å². The maximum Gasteiger partial charge on any atom is 0.433 e. The summed E-state index contributed by atoms with van der Waals surface area (Å²) in [4.78, 5) is 25.5. The Hall–Kier alpha value is -2.10. The normalized spacial score (nSPS) is 20.3. The first-order valence-corrected chi connectivity index (χ1v) is 8.62. The maximum absolute atomic E-state index is 12.7. The lowest BCUT2D eigenvalue weighted by molar-refractivity contribution is -0.141. The smallest absolute Gasteiger partial charge is 0.433 e. The van der Waals surface area contributed by atoms with Crippen LogP contribution >= 0.6 is 0 Å². The fourth-order valence-electron chi connectivity index (χ4n) is 3.07. The molecule has 1 aromatic heterocycles. The Balaban J connectivity index is 1.50. The zero-order chi connectivity index (χ0) is 18.7. The molecule has 2 aliphatic heterocycles. The predicted octanol–water partition coefficient (Wildman–Crippen LogP) is 1.71. The predicted molar refractivity (Wildman–Crippen MR) is 86.7 cm³/mol. The third-order valence-corrected chi connectivity index (χ3v) is 4.68. The number of hydrogen-bond donors (Lipinski definition) is 0. The van der Waals surface area contributed by atoms with Gasteiger partial charge in [-0.15, -0.1) is 0 Å². The van der Waals surface area contributed by atoms with E-state index in [1.54, 1.807) is 4.90 Å². The lowest BCUT2D eigenvalue weighted by Gasteiger charge is -2.38. The number of carbonyl (C=O) groups is 1. The largest absolute Gasteiger partial charge is 0.460 e. The highest BCUT2D eigenvalue weighted by Gasteiger charge is 2.34. The lowest BCUT2D eigenvalue weighted by Crippen LogP contribution is -2.54. The van der Waals surface area contributed by atoms with Gasteiger partial charge in [-0.3, -0.25) is 0 Å². The molecule has 1 aromatic rings. The summed E-state index contributed by atoms with van der Waals surface area (Å²) in [6.07, 6.45) is -2.70. The number of aromatic nitrogens is 2. The van der Waals surface area contributed by atoms with E-state index in [1.165, 1.54) is 0 Å². The third kappa shape index (κ3) is 4.54. The van der Waals surface area contributed by atoms with Gasteiger partial charge in [0.1, 0.15) is 6.10 Å². The van der Waals surface area contributed by atoms with Gasteiger partial charge < -0.3 is 19.4 Å². The van der Waals surface area contributed by atoms with Crippen molar-refractivity contribution in [3.63, 3.8) is 0 Å². The van der Waals surface area contributed by atoms with Crippen molar-refractivity contribution >= 4 is 6.03 Å². The summed E-state index contributed by atoms with van der Waals surface area (Å²) >= 11 is 0. The SMILES string of the molecule is CN1CCN(C(=O)N2CCC(Oc3nccc(C(F)(F)F)n3)CC2)CC1. The highest BCUT2D eigenvalue weighted by atomic mass is 19.4. The van der Waals surface area contributed by atoms with E-state index in [9.17, 15) is 18.0 Å².